The van der Waals surface area contributed by atoms with Crippen LogP contribution < -0.4 is 10.6 Å². The topological polar surface area (TPSA) is 54.0 Å². The monoisotopic (exact) mass is 341 g/mol. The first-order valence-corrected chi connectivity index (χ1v) is 7.12. The van der Waals surface area contributed by atoms with E-state index < -0.39 is 0 Å². The van der Waals surface area contributed by atoms with Gasteiger partial charge in [0.15, 0.2) is 0 Å². The number of hydrogen-bond donors (Lipinski definition) is 2. The molecule has 2 unspecified atom stereocenters. The number of rotatable bonds is 2. The van der Waals surface area contributed by atoms with Gasteiger partial charge in [0.2, 0.25) is 0 Å². The van der Waals surface area contributed by atoms with Crippen molar-refractivity contribution in [2.45, 2.75) is 31.8 Å². The molecule has 0 saturated carbocycles. The van der Waals surface area contributed by atoms with E-state index in [0.717, 1.165) is 30.3 Å². The second-order valence-corrected chi connectivity index (χ2v) is 5.44. The van der Waals surface area contributed by atoms with Crippen molar-refractivity contribution in [1.29, 1.82) is 0 Å². The second-order valence-electron chi connectivity index (χ2n) is 5.44. The number of carbonyl (C=O) groups excluding carboxylic acids is 1. The Morgan fingerprint density at radius 1 is 1.23 bits per heavy atom. The van der Waals surface area contributed by atoms with Gasteiger partial charge in [0.25, 0.3) is 5.91 Å². The molecule has 2 N–H and O–H groups in total. The zero-order valence-corrected chi connectivity index (χ0v) is 14.0. The predicted octanol–water partition coefficient (Wildman–Crippen LogP) is 2.95. The maximum atomic E-state index is 12.3. The number of amides is 1. The molecule has 1 aliphatic heterocycles. The molecule has 1 aromatic heterocycles. The van der Waals surface area contributed by atoms with Crippen molar-refractivity contribution in [1.82, 2.24) is 15.6 Å². The Hall–Kier alpha value is -1.36. The van der Waals surface area contributed by atoms with Gasteiger partial charge in [-0.2, -0.15) is 0 Å². The van der Waals surface area contributed by atoms with E-state index in [1.807, 2.05) is 30.3 Å². The number of nitrogens with zero attached hydrogens (tertiary/aromatic N) is 1. The highest BCUT2D eigenvalue weighted by atomic mass is 35.5. The molecule has 1 fully saturated rings. The number of fused-ring (bicyclic) bond motifs is 1. The fraction of sp³-hybridized carbons (Fsp3) is 0.375. The Morgan fingerprint density at radius 2 is 2.00 bits per heavy atom. The minimum atomic E-state index is -0.0742. The predicted molar refractivity (Wildman–Crippen MR) is 94.2 cm³/mol. The van der Waals surface area contributed by atoms with Gasteiger partial charge in [-0.3, -0.25) is 4.79 Å². The van der Waals surface area contributed by atoms with Gasteiger partial charge in [-0.25, -0.2) is 4.98 Å². The van der Waals surface area contributed by atoms with Gasteiger partial charge in [0.05, 0.1) is 5.52 Å². The molecular weight excluding hydrogens is 321 g/mol. The minimum absolute atomic E-state index is 0. The Kier molecular flexibility index (Phi) is 7.07. The Balaban J connectivity index is 0.00000121. The van der Waals surface area contributed by atoms with Gasteiger partial charge in [-0.15, -0.1) is 24.8 Å². The van der Waals surface area contributed by atoms with Gasteiger partial charge in [0.1, 0.15) is 5.69 Å². The zero-order chi connectivity index (χ0) is 13.9. The summed E-state index contributed by atoms with van der Waals surface area (Å²) in [5.74, 6) is -0.0742. The van der Waals surface area contributed by atoms with Gasteiger partial charge < -0.3 is 10.6 Å². The summed E-state index contributed by atoms with van der Waals surface area (Å²) in [6.45, 7) is 3.10. The van der Waals surface area contributed by atoms with E-state index in [1.54, 1.807) is 6.07 Å². The molecule has 4 nitrogen and oxygen atoms in total. The van der Waals surface area contributed by atoms with Crippen LogP contribution in [0.4, 0.5) is 0 Å². The van der Waals surface area contributed by atoms with Crippen LogP contribution in [0.5, 0.6) is 0 Å². The molecule has 1 saturated heterocycles. The van der Waals surface area contributed by atoms with E-state index in [2.05, 4.69) is 22.5 Å². The number of pyridine rings is 1. The summed E-state index contributed by atoms with van der Waals surface area (Å²) in [6, 6.07) is 12.3. The summed E-state index contributed by atoms with van der Waals surface area (Å²) in [4.78, 5) is 16.7. The molecular formula is C16H21Cl2N3O. The molecule has 0 radical (unpaired) electrons. The van der Waals surface area contributed by atoms with Crippen LogP contribution in [0.3, 0.4) is 0 Å². The zero-order valence-electron chi connectivity index (χ0n) is 12.4. The average Bonchev–Trinajstić information content (AvgIpc) is 2.47. The van der Waals surface area contributed by atoms with Crippen molar-refractivity contribution >= 4 is 41.6 Å². The van der Waals surface area contributed by atoms with Gasteiger partial charge in [-0.05, 0) is 38.4 Å². The highest BCUT2D eigenvalue weighted by Crippen LogP contribution is 2.13. The SMILES string of the molecule is CC1CC(NC(=O)c2ccc3ccccc3n2)CCN1.Cl.Cl. The third kappa shape index (κ3) is 4.32. The summed E-state index contributed by atoms with van der Waals surface area (Å²) < 4.78 is 0. The number of halogens is 2. The molecule has 1 aromatic carbocycles. The Labute approximate surface area is 142 Å². The van der Waals surface area contributed by atoms with E-state index in [9.17, 15) is 4.79 Å². The van der Waals surface area contributed by atoms with E-state index in [0.29, 0.717) is 11.7 Å². The van der Waals surface area contributed by atoms with Crippen LogP contribution >= 0.6 is 24.8 Å². The summed E-state index contributed by atoms with van der Waals surface area (Å²) in [5.41, 5.74) is 1.36. The minimum Gasteiger partial charge on any atom is -0.348 e. The molecule has 3 rings (SSSR count). The van der Waals surface area contributed by atoms with Gasteiger partial charge in [0, 0.05) is 17.5 Å². The lowest BCUT2D eigenvalue weighted by Gasteiger charge is -2.28. The van der Waals surface area contributed by atoms with E-state index >= 15 is 0 Å². The first-order valence-electron chi connectivity index (χ1n) is 7.12. The summed E-state index contributed by atoms with van der Waals surface area (Å²) in [6.07, 6.45) is 1.95. The fourth-order valence-corrected chi connectivity index (χ4v) is 2.71. The van der Waals surface area contributed by atoms with Crippen molar-refractivity contribution in [2.24, 2.45) is 0 Å². The van der Waals surface area contributed by atoms with Crippen molar-refractivity contribution in [3.63, 3.8) is 0 Å². The number of nitrogens with one attached hydrogen (secondary N) is 2. The molecule has 120 valence electrons. The molecule has 1 amide bonds. The van der Waals surface area contributed by atoms with Crippen LogP contribution in [0.25, 0.3) is 10.9 Å². The van der Waals surface area contributed by atoms with Crippen molar-refractivity contribution in [3.8, 4) is 0 Å². The smallest absolute Gasteiger partial charge is 0.270 e. The first-order chi connectivity index (χ1) is 9.72. The number of hydrogen-bond acceptors (Lipinski definition) is 3. The molecule has 0 spiro atoms. The van der Waals surface area contributed by atoms with Crippen LogP contribution in [0.2, 0.25) is 0 Å². The molecule has 22 heavy (non-hydrogen) atoms. The van der Waals surface area contributed by atoms with E-state index in [-0.39, 0.29) is 36.8 Å². The molecule has 2 atom stereocenters. The second kappa shape index (κ2) is 8.32. The van der Waals surface area contributed by atoms with Crippen LogP contribution in [0.15, 0.2) is 36.4 Å². The van der Waals surface area contributed by atoms with Crippen LogP contribution in [0.1, 0.15) is 30.3 Å². The van der Waals surface area contributed by atoms with Gasteiger partial charge >= 0.3 is 0 Å². The lowest BCUT2D eigenvalue weighted by atomic mass is 10.0. The molecule has 2 heterocycles. The number of carbonyl (C=O) groups is 1. The maximum absolute atomic E-state index is 12.3. The largest absolute Gasteiger partial charge is 0.348 e. The lowest BCUT2D eigenvalue weighted by molar-refractivity contribution is 0.0921. The third-order valence-corrected chi connectivity index (χ3v) is 3.79. The van der Waals surface area contributed by atoms with Crippen LogP contribution in [0, 0.1) is 0 Å². The molecule has 2 aromatic rings. The first kappa shape index (κ1) is 18.7. The normalized spacial score (nSPS) is 20.6. The fourth-order valence-electron chi connectivity index (χ4n) is 2.71. The van der Waals surface area contributed by atoms with E-state index in [4.69, 9.17) is 0 Å². The highest BCUT2D eigenvalue weighted by molar-refractivity contribution is 5.95. The Bertz CT molecular complexity index is 636. The van der Waals surface area contributed by atoms with Crippen molar-refractivity contribution in [3.05, 3.63) is 42.1 Å². The maximum Gasteiger partial charge on any atom is 0.270 e. The van der Waals surface area contributed by atoms with Crippen LogP contribution in [-0.4, -0.2) is 29.5 Å². The third-order valence-electron chi connectivity index (χ3n) is 3.79. The number of para-hydroxylation sites is 1. The lowest BCUT2D eigenvalue weighted by Crippen LogP contribution is -2.46. The summed E-state index contributed by atoms with van der Waals surface area (Å²) in [7, 11) is 0. The molecule has 0 bridgehead atoms. The number of benzene rings is 1. The van der Waals surface area contributed by atoms with Crippen molar-refractivity contribution < 1.29 is 4.79 Å². The van der Waals surface area contributed by atoms with Crippen LogP contribution in [-0.2, 0) is 0 Å². The Morgan fingerprint density at radius 3 is 2.77 bits per heavy atom. The molecule has 1 aliphatic rings. The van der Waals surface area contributed by atoms with E-state index in [1.165, 1.54) is 0 Å². The quantitative estimate of drug-likeness (QED) is 0.882. The molecule has 0 aliphatic carbocycles. The summed E-state index contributed by atoms with van der Waals surface area (Å²) in [5, 5.41) is 7.53. The summed E-state index contributed by atoms with van der Waals surface area (Å²) >= 11 is 0. The molecule has 6 heteroatoms. The van der Waals surface area contributed by atoms with Crippen molar-refractivity contribution in [2.75, 3.05) is 6.54 Å². The average molecular weight is 342 g/mol. The standard InChI is InChI=1S/C16H19N3O.2ClH/c1-11-10-13(8-9-17-11)18-16(20)15-7-6-12-4-2-3-5-14(12)19-15;;/h2-7,11,13,17H,8-10H2,1H3,(H,18,20);2*1H. The number of aromatic nitrogens is 1. The highest BCUT2D eigenvalue weighted by Gasteiger charge is 2.20. The van der Waals surface area contributed by atoms with Gasteiger partial charge in [-0.1, -0.05) is 24.3 Å². The number of piperidine rings is 1.